The number of rotatable bonds is 6. The number of aromatic nitrogens is 1. The second-order valence-electron chi connectivity index (χ2n) is 6.01. The maximum atomic E-state index is 12.0. The lowest BCUT2D eigenvalue weighted by molar-refractivity contribution is 0.0912. The molecule has 7 nitrogen and oxygen atoms in total. The summed E-state index contributed by atoms with van der Waals surface area (Å²) in [5, 5.41) is 6.09. The summed E-state index contributed by atoms with van der Waals surface area (Å²) in [4.78, 5) is 27.6. The van der Waals surface area contributed by atoms with Gasteiger partial charge >= 0.3 is 6.09 Å². The number of nitrogens with one attached hydrogen (secondary N) is 2. The minimum Gasteiger partial charge on any atom is -0.444 e. The molecule has 2 N–H and O–H groups in total. The van der Waals surface area contributed by atoms with Crippen molar-refractivity contribution >= 4 is 29.3 Å². The van der Waals surface area contributed by atoms with Crippen LogP contribution >= 0.6 is 11.6 Å². The molecule has 28 heavy (non-hydrogen) atoms. The largest absolute Gasteiger partial charge is 0.444 e. The Bertz CT molecular complexity index is 925. The molecule has 0 spiro atoms. The fraction of sp³-hybridized carbons (Fsp3) is 0.150. The number of hydrogen-bond acceptors (Lipinski definition) is 5. The predicted molar refractivity (Wildman–Crippen MR) is 104 cm³/mol. The number of amides is 2. The van der Waals surface area contributed by atoms with E-state index in [1.54, 1.807) is 48.5 Å². The molecule has 0 saturated heterocycles. The molecule has 0 aliphatic rings. The van der Waals surface area contributed by atoms with E-state index in [2.05, 4.69) is 15.6 Å². The average Bonchev–Trinajstić information content (AvgIpc) is 3.23. The van der Waals surface area contributed by atoms with Crippen LogP contribution in [0.1, 0.15) is 34.6 Å². The van der Waals surface area contributed by atoms with E-state index >= 15 is 0 Å². The summed E-state index contributed by atoms with van der Waals surface area (Å²) in [6.07, 6.45) is 1.99. The van der Waals surface area contributed by atoms with Gasteiger partial charge in [0.15, 0.2) is 6.39 Å². The highest BCUT2D eigenvalue weighted by atomic mass is 35.5. The Balaban J connectivity index is 1.49. The van der Waals surface area contributed by atoms with Crippen LogP contribution in [-0.2, 0) is 11.3 Å². The highest BCUT2D eigenvalue weighted by Gasteiger charge is 2.14. The highest BCUT2D eigenvalue weighted by molar-refractivity contribution is 6.30. The van der Waals surface area contributed by atoms with Crippen molar-refractivity contribution in [3.8, 4) is 0 Å². The summed E-state index contributed by atoms with van der Waals surface area (Å²) in [5.41, 5.74) is 2.29. The first kappa shape index (κ1) is 19.4. The number of oxazole rings is 1. The Morgan fingerprint density at radius 3 is 2.50 bits per heavy atom. The predicted octanol–water partition coefficient (Wildman–Crippen LogP) is 4.57. The molecule has 0 aliphatic heterocycles. The number of ether oxygens (including phenoxy) is 1. The highest BCUT2D eigenvalue weighted by Crippen LogP contribution is 2.17. The Morgan fingerprint density at radius 2 is 1.86 bits per heavy atom. The number of carbonyl (C=O) groups excluding carboxylic acids is 2. The van der Waals surface area contributed by atoms with Gasteiger partial charge in [-0.05, 0) is 42.3 Å². The molecule has 2 aromatic carbocycles. The van der Waals surface area contributed by atoms with E-state index in [1.807, 2.05) is 6.92 Å². The molecular weight excluding hydrogens is 382 g/mol. The van der Waals surface area contributed by atoms with Crippen molar-refractivity contribution in [1.82, 2.24) is 10.3 Å². The molecule has 2 amide bonds. The number of halogens is 1. The van der Waals surface area contributed by atoms with E-state index in [4.69, 9.17) is 20.8 Å². The first-order valence-corrected chi connectivity index (χ1v) is 8.86. The number of benzene rings is 2. The smallest absolute Gasteiger partial charge is 0.411 e. The topological polar surface area (TPSA) is 93.5 Å². The van der Waals surface area contributed by atoms with E-state index in [9.17, 15) is 9.59 Å². The lowest BCUT2D eigenvalue weighted by atomic mass is 10.1. The van der Waals surface area contributed by atoms with Crippen molar-refractivity contribution in [3.05, 3.63) is 83.0 Å². The first-order valence-electron chi connectivity index (χ1n) is 8.49. The summed E-state index contributed by atoms with van der Waals surface area (Å²) in [6.45, 7) is 1.99. The molecule has 1 aromatic heterocycles. The zero-order valence-corrected chi connectivity index (χ0v) is 15.8. The Morgan fingerprint density at radius 1 is 1.14 bits per heavy atom. The summed E-state index contributed by atoms with van der Waals surface area (Å²) >= 11 is 5.82. The van der Waals surface area contributed by atoms with Gasteiger partial charge in [0, 0.05) is 10.7 Å². The maximum Gasteiger partial charge on any atom is 0.411 e. The van der Waals surface area contributed by atoms with Gasteiger partial charge in [0.25, 0.3) is 5.91 Å². The van der Waals surface area contributed by atoms with Crippen molar-refractivity contribution in [1.29, 1.82) is 0 Å². The van der Waals surface area contributed by atoms with E-state index < -0.39 is 6.09 Å². The van der Waals surface area contributed by atoms with Gasteiger partial charge in [0.1, 0.15) is 6.61 Å². The SMILES string of the molecule is CC(NC(=O)c1cnco1)c1ccc(NC(=O)OCc2ccc(Cl)cc2)cc1. The minimum absolute atomic E-state index is 0.145. The Hall–Kier alpha value is -3.32. The molecule has 3 rings (SSSR count). The van der Waals surface area contributed by atoms with Gasteiger partial charge in [0.05, 0.1) is 12.2 Å². The van der Waals surface area contributed by atoms with E-state index in [0.717, 1.165) is 11.1 Å². The fourth-order valence-corrected chi connectivity index (χ4v) is 2.54. The van der Waals surface area contributed by atoms with Crippen LogP contribution < -0.4 is 10.6 Å². The Kier molecular flexibility index (Phi) is 6.29. The molecule has 0 aliphatic carbocycles. The standard InChI is InChI=1S/C20H18ClN3O4/c1-13(23-19(25)18-10-22-12-28-18)15-4-8-17(9-5-15)24-20(26)27-11-14-2-6-16(21)7-3-14/h2-10,12-13H,11H2,1H3,(H,23,25)(H,24,26). The van der Waals surface area contributed by atoms with Crippen LogP contribution in [0.4, 0.5) is 10.5 Å². The van der Waals surface area contributed by atoms with E-state index in [1.165, 1.54) is 12.6 Å². The quantitative estimate of drug-likeness (QED) is 0.633. The number of carbonyl (C=O) groups is 2. The molecule has 0 fully saturated rings. The van der Waals surface area contributed by atoms with Gasteiger partial charge in [-0.2, -0.15) is 0 Å². The van der Waals surface area contributed by atoms with Crippen LogP contribution in [-0.4, -0.2) is 17.0 Å². The molecule has 1 atom stereocenters. The van der Waals surface area contributed by atoms with Crippen LogP contribution in [0.3, 0.4) is 0 Å². The average molecular weight is 400 g/mol. The second-order valence-corrected chi connectivity index (χ2v) is 6.45. The molecule has 144 valence electrons. The third-order valence-electron chi connectivity index (χ3n) is 3.94. The van der Waals surface area contributed by atoms with E-state index in [0.29, 0.717) is 10.7 Å². The van der Waals surface area contributed by atoms with Crippen molar-refractivity contribution in [2.75, 3.05) is 5.32 Å². The lowest BCUT2D eigenvalue weighted by Gasteiger charge is -2.14. The lowest BCUT2D eigenvalue weighted by Crippen LogP contribution is -2.26. The van der Waals surface area contributed by atoms with Gasteiger partial charge in [-0.3, -0.25) is 10.1 Å². The minimum atomic E-state index is -0.561. The van der Waals surface area contributed by atoms with Crippen LogP contribution in [0.25, 0.3) is 0 Å². The molecule has 0 bridgehead atoms. The monoisotopic (exact) mass is 399 g/mol. The molecular formula is C20H18ClN3O4. The second kappa shape index (κ2) is 9.05. The molecule has 1 unspecified atom stereocenters. The number of hydrogen-bond donors (Lipinski definition) is 2. The van der Waals surface area contributed by atoms with E-state index in [-0.39, 0.29) is 24.3 Å². The van der Waals surface area contributed by atoms with Crippen molar-refractivity contribution in [3.63, 3.8) is 0 Å². The summed E-state index contributed by atoms with van der Waals surface area (Å²) < 4.78 is 10.1. The first-order chi connectivity index (χ1) is 13.5. The molecule has 8 heteroatoms. The van der Waals surface area contributed by atoms with Crippen molar-refractivity contribution in [2.24, 2.45) is 0 Å². The summed E-state index contributed by atoms with van der Waals surface area (Å²) in [7, 11) is 0. The number of nitrogens with zero attached hydrogens (tertiary/aromatic N) is 1. The van der Waals surface area contributed by atoms with Crippen molar-refractivity contribution in [2.45, 2.75) is 19.6 Å². The maximum absolute atomic E-state index is 12.0. The third-order valence-corrected chi connectivity index (χ3v) is 4.20. The molecule has 1 heterocycles. The van der Waals surface area contributed by atoms with Gasteiger partial charge in [-0.25, -0.2) is 9.78 Å². The summed E-state index contributed by atoms with van der Waals surface area (Å²) in [5.74, 6) is -0.202. The van der Waals surface area contributed by atoms with Gasteiger partial charge < -0.3 is 14.5 Å². The summed E-state index contributed by atoms with van der Waals surface area (Å²) in [6, 6.07) is 13.9. The van der Waals surface area contributed by atoms with Crippen LogP contribution in [0, 0.1) is 0 Å². The molecule has 0 radical (unpaired) electrons. The fourth-order valence-electron chi connectivity index (χ4n) is 2.42. The Labute approximate surface area is 166 Å². The normalized spacial score (nSPS) is 11.5. The molecule has 0 saturated carbocycles. The van der Waals surface area contributed by atoms with Gasteiger partial charge in [0.2, 0.25) is 5.76 Å². The zero-order chi connectivity index (χ0) is 19.9. The van der Waals surface area contributed by atoms with Gasteiger partial charge in [-0.15, -0.1) is 0 Å². The van der Waals surface area contributed by atoms with Crippen molar-refractivity contribution < 1.29 is 18.7 Å². The van der Waals surface area contributed by atoms with Crippen LogP contribution in [0.5, 0.6) is 0 Å². The van der Waals surface area contributed by atoms with Crippen LogP contribution in [0.2, 0.25) is 5.02 Å². The zero-order valence-electron chi connectivity index (χ0n) is 15.0. The third kappa shape index (κ3) is 5.34. The van der Waals surface area contributed by atoms with Crippen LogP contribution in [0.15, 0.2) is 65.5 Å². The molecule has 3 aromatic rings. The van der Waals surface area contributed by atoms with Gasteiger partial charge in [-0.1, -0.05) is 35.9 Å². The number of anilines is 1.